The average Bonchev–Trinajstić information content (AvgIpc) is 3.43. The highest BCUT2D eigenvalue weighted by Crippen LogP contribution is 2.38. The summed E-state index contributed by atoms with van der Waals surface area (Å²) in [7, 11) is 0. The number of hydrogen-bond acceptors (Lipinski definition) is 7. The summed E-state index contributed by atoms with van der Waals surface area (Å²) in [6.07, 6.45) is 4.98. The zero-order valence-corrected chi connectivity index (χ0v) is 26.2. The lowest BCUT2D eigenvalue weighted by molar-refractivity contribution is -0.146. The van der Waals surface area contributed by atoms with Crippen LogP contribution in [0, 0.1) is 5.82 Å². The van der Waals surface area contributed by atoms with Crippen LogP contribution in [0.15, 0.2) is 93.7 Å². The number of anilines is 1. The topological polar surface area (TPSA) is 78.3 Å². The highest BCUT2D eigenvalue weighted by molar-refractivity contribution is 9.10. The number of aromatic nitrogens is 3. The fourth-order valence-corrected chi connectivity index (χ4v) is 6.49. The van der Waals surface area contributed by atoms with Crippen LogP contribution in [-0.2, 0) is 21.9 Å². The Labute approximate surface area is 263 Å². The maximum absolute atomic E-state index is 14.2. The van der Waals surface area contributed by atoms with Gasteiger partial charge in [-0.1, -0.05) is 76.6 Å². The van der Waals surface area contributed by atoms with E-state index in [-0.39, 0.29) is 17.9 Å². The van der Waals surface area contributed by atoms with Crippen molar-refractivity contribution in [3.8, 4) is 5.75 Å². The van der Waals surface area contributed by atoms with Crippen LogP contribution in [0.2, 0.25) is 0 Å². The van der Waals surface area contributed by atoms with E-state index in [9.17, 15) is 9.18 Å². The van der Waals surface area contributed by atoms with Crippen molar-refractivity contribution in [3.05, 3.63) is 111 Å². The Bertz CT molecular complexity index is 1620. The van der Waals surface area contributed by atoms with Crippen LogP contribution in [0.25, 0.3) is 0 Å². The molecule has 0 radical (unpaired) electrons. The molecule has 1 aliphatic carbocycles. The molecule has 4 aromatic rings. The van der Waals surface area contributed by atoms with Crippen LogP contribution in [0.1, 0.15) is 61.8 Å². The van der Waals surface area contributed by atoms with E-state index in [2.05, 4.69) is 26.2 Å². The second-order valence-electron chi connectivity index (χ2n) is 10.8. The van der Waals surface area contributed by atoms with Crippen molar-refractivity contribution in [2.75, 3.05) is 5.32 Å². The fraction of sp³-hybridized carbons (Fsp3) is 0.303. The summed E-state index contributed by atoms with van der Waals surface area (Å²) >= 11 is 4.80. The van der Waals surface area contributed by atoms with Gasteiger partial charge in [0.05, 0.1) is 5.57 Å². The minimum absolute atomic E-state index is 0.0828. The highest BCUT2D eigenvalue weighted by Gasteiger charge is 2.36. The highest BCUT2D eigenvalue weighted by atomic mass is 79.9. The van der Waals surface area contributed by atoms with Gasteiger partial charge in [-0.2, -0.15) is 4.98 Å². The molecule has 10 heteroatoms. The summed E-state index contributed by atoms with van der Waals surface area (Å²) in [6, 6.07) is 21.8. The van der Waals surface area contributed by atoms with Gasteiger partial charge in [0.15, 0.2) is 0 Å². The van der Waals surface area contributed by atoms with Crippen molar-refractivity contribution in [2.45, 2.75) is 68.7 Å². The molecule has 0 spiro atoms. The van der Waals surface area contributed by atoms with Crippen molar-refractivity contribution in [3.63, 3.8) is 0 Å². The van der Waals surface area contributed by atoms with Crippen molar-refractivity contribution in [1.82, 2.24) is 14.8 Å². The Hall–Kier alpha value is -3.63. The lowest BCUT2D eigenvalue weighted by Gasteiger charge is -2.30. The van der Waals surface area contributed by atoms with E-state index in [0.29, 0.717) is 46.0 Å². The SMILES string of the molecule is CC1=C(C(=O)OC2CCCCC2)C(c2ccc(OCc3ccc(Br)cc3)cc2)n2nc(SCc3ccccc3F)nc2N1. The number of fused-ring (bicyclic) bond motifs is 1. The van der Waals surface area contributed by atoms with E-state index in [1.165, 1.54) is 24.2 Å². The van der Waals surface area contributed by atoms with E-state index in [1.807, 2.05) is 61.5 Å². The Kier molecular flexibility index (Phi) is 9.14. The van der Waals surface area contributed by atoms with Crippen LogP contribution in [0.3, 0.4) is 0 Å². The number of carbonyl (C=O) groups excluding carboxylic acids is 1. The van der Waals surface area contributed by atoms with Gasteiger partial charge in [-0.15, -0.1) is 5.10 Å². The summed E-state index contributed by atoms with van der Waals surface area (Å²) in [5.41, 5.74) is 3.66. The molecule has 2 heterocycles. The van der Waals surface area contributed by atoms with Crippen molar-refractivity contribution < 1.29 is 18.7 Å². The van der Waals surface area contributed by atoms with E-state index in [0.717, 1.165) is 41.3 Å². The van der Waals surface area contributed by atoms with Crippen LogP contribution in [0.4, 0.5) is 10.3 Å². The molecule has 1 saturated carbocycles. The van der Waals surface area contributed by atoms with Crippen LogP contribution >= 0.6 is 27.7 Å². The first kappa shape index (κ1) is 29.4. The molecule has 1 atom stereocenters. The molecule has 1 unspecified atom stereocenters. The lowest BCUT2D eigenvalue weighted by Crippen LogP contribution is -2.32. The molecular formula is C33H32BrFN4O3S. The van der Waals surface area contributed by atoms with Gasteiger partial charge in [-0.05, 0) is 79.6 Å². The van der Waals surface area contributed by atoms with Gasteiger partial charge in [0.1, 0.15) is 30.3 Å². The number of benzene rings is 3. The maximum atomic E-state index is 14.2. The number of ether oxygens (including phenoxy) is 2. The van der Waals surface area contributed by atoms with Crippen molar-refractivity contribution in [2.24, 2.45) is 0 Å². The molecule has 0 amide bonds. The third kappa shape index (κ3) is 6.96. The van der Waals surface area contributed by atoms with Crippen LogP contribution < -0.4 is 10.1 Å². The molecule has 1 aromatic heterocycles. The van der Waals surface area contributed by atoms with E-state index in [4.69, 9.17) is 14.6 Å². The van der Waals surface area contributed by atoms with Gasteiger partial charge in [0.2, 0.25) is 11.1 Å². The summed E-state index contributed by atoms with van der Waals surface area (Å²) < 4.78 is 29.1. The normalized spacial score (nSPS) is 16.9. The molecule has 3 aromatic carbocycles. The molecule has 43 heavy (non-hydrogen) atoms. The van der Waals surface area contributed by atoms with Gasteiger partial charge in [0, 0.05) is 15.9 Å². The van der Waals surface area contributed by atoms with Gasteiger partial charge in [0.25, 0.3) is 0 Å². The van der Waals surface area contributed by atoms with Crippen LogP contribution in [0.5, 0.6) is 5.75 Å². The molecule has 0 bridgehead atoms. The van der Waals surface area contributed by atoms with Crippen molar-refractivity contribution >= 4 is 39.6 Å². The number of allylic oxidation sites excluding steroid dienone is 1. The minimum atomic E-state index is -0.553. The molecule has 1 aliphatic heterocycles. The number of nitrogens with one attached hydrogen (secondary N) is 1. The second kappa shape index (κ2) is 13.3. The van der Waals surface area contributed by atoms with E-state index < -0.39 is 6.04 Å². The molecule has 1 N–H and O–H groups in total. The number of carbonyl (C=O) groups is 1. The first-order valence-corrected chi connectivity index (χ1v) is 16.2. The number of thioether (sulfide) groups is 1. The molecule has 1 fully saturated rings. The lowest BCUT2D eigenvalue weighted by atomic mass is 9.95. The third-order valence-corrected chi connectivity index (χ3v) is 9.12. The van der Waals surface area contributed by atoms with Gasteiger partial charge in [-0.3, -0.25) is 0 Å². The second-order valence-corrected chi connectivity index (χ2v) is 12.6. The van der Waals surface area contributed by atoms with E-state index >= 15 is 0 Å². The molecular weight excluding hydrogens is 631 g/mol. The predicted molar refractivity (Wildman–Crippen MR) is 168 cm³/mol. The van der Waals surface area contributed by atoms with Gasteiger partial charge >= 0.3 is 5.97 Å². The first-order valence-electron chi connectivity index (χ1n) is 14.4. The molecule has 222 valence electrons. The standard InChI is InChI=1S/C33H32BrFN4O3S/c1-21-29(31(40)42-27-8-3-2-4-9-27)30(23-13-17-26(18-14-23)41-19-22-11-15-25(34)16-12-22)39-32(36-21)37-33(38-39)43-20-24-7-5-6-10-28(24)35/h5-7,10-18,27,30H,2-4,8-9,19-20H2,1H3,(H,36,37,38). The third-order valence-electron chi connectivity index (χ3n) is 7.71. The predicted octanol–water partition coefficient (Wildman–Crippen LogP) is 8.22. The Morgan fingerprint density at radius 2 is 1.79 bits per heavy atom. The van der Waals surface area contributed by atoms with Crippen molar-refractivity contribution in [1.29, 1.82) is 0 Å². The Morgan fingerprint density at radius 1 is 1.05 bits per heavy atom. The Morgan fingerprint density at radius 3 is 2.53 bits per heavy atom. The zero-order valence-electron chi connectivity index (χ0n) is 23.8. The summed E-state index contributed by atoms with van der Waals surface area (Å²) in [6.45, 7) is 2.30. The Balaban J connectivity index is 1.27. The largest absolute Gasteiger partial charge is 0.489 e. The number of esters is 1. The average molecular weight is 664 g/mol. The first-order chi connectivity index (χ1) is 20.9. The number of nitrogens with zero attached hydrogens (tertiary/aromatic N) is 3. The monoisotopic (exact) mass is 662 g/mol. The smallest absolute Gasteiger partial charge is 0.338 e. The minimum Gasteiger partial charge on any atom is -0.489 e. The molecule has 2 aliphatic rings. The number of hydrogen-bond donors (Lipinski definition) is 1. The number of halogens is 2. The summed E-state index contributed by atoms with van der Waals surface area (Å²) in [5.74, 6) is 1.01. The maximum Gasteiger partial charge on any atom is 0.338 e. The molecule has 0 saturated heterocycles. The summed E-state index contributed by atoms with van der Waals surface area (Å²) in [4.78, 5) is 18.4. The molecule has 7 nitrogen and oxygen atoms in total. The quantitative estimate of drug-likeness (QED) is 0.143. The van der Waals surface area contributed by atoms with Gasteiger partial charge < -0.3 is 14.8 Å². The fourth-order valence-electron chi connectivity index (χ4n) is 5.41. The zero-order chi connectivity index (χ0) is 29.8. The van der Waals surface area contributed by atoms with Crippen LogP contribution in [-0.4, -0.2) is 26.8 Å². The van der Waals surface area contributed by atoms with Gasteiger partial charge in [-0.25, -0.2) is 13.9 Å². The molecule has 6 rings (SSSR count). The summed E-state index contributed by atoms with van der Waals surface area (Å²) in [5, 5.41) is 8.53. The van der Waals surface area contributed by atoms with E-state index in [1.54, 1.807) is 16.8 Å². The number of rotatable bonds is 9.